The standard InChI is InChI=1S/C11H12F3N3.ClH/c1-6(15)7-2-3-9-8(4-7)5-16-17(9)11(14)10(12)13;/h2-6,10-11H,15H2,1H3;1H/t6-,11?;/m1./s1. The minimum Gasteiger partial charge on any atom is -0.324 e. The Balaban J connectivity index is 0.00000162. The molecule has 2 rings (SSSR count). The van der Waals surface area contributed by atoms with Crippen LogP contribution in [-0.2, 0) is 0 Å². The van der Waals surface area contributed by atoms with Crippen LogP contribution in [0.15, 0.2) is 24.4 Å². The lowest BCUT2D eigenvalue weighted by Gasteiger charge is -2.09. The van der Waals surface area contributed by atoms with Crippen LogP contribution >= 0.6 is 12.4 Å². The molecule has 18 heavy (non-hydrogen) atoms. The van der Waals surface area contributed by atoms with Crippen LogP contribution in [0.2, 0.25) is 0 Å². The van der Waals surface area contributed by atoms with Gasteiger partial charge in [-0.1, -0.05) is 6.07 Å². The maximum Gasteiger partial charge on any atom is 0.289 e. The Morgan fingerprint density at radius 1 is 1.28 bits per heavy atom. The first kappa shape index (κ1) is 14.8. The van der Waals surface area contributed by atoms with Crippen LogP contribution in [-0.4, -0.2) is 16.2 Å². The van der Waals surface area contributed by atoms with Crippen LogP contribution in [0.25, 0.3) is 10.9 Å². The lowest BCUT2D eigenvalue weighted by molar-refractivity contribution is 0.00344. The van der Waals surface area contributed by atoms with Gasteiger partial charge in [0, 0.05) is 11.4 Å². The summed E-state index contributed by atoms with van der Waals surface area (Å²) in [5.41, 5.74) is 6.89. The molecule has 100 valence electrons. The van der Waals surface area contributed by atoms with Gasteiger partial charge in [0.1, 0.15) is 0 Å². The summed E-state index contributed by atoms with van der Waals surface area (Å²) in [6.45, 7) is 1.81. The number of aromatic nitrogens is 2. The number of alkyl halides is 3. The summed E-state index contributed by atoms with van der Waals surface area (Å²) >= 11 is 0. The molecule has 2 N–H and O–H groups in total. The van der Waals surface area contributed by atoms with Crippen molar-refractivity contribution in [3.63, 3.8) is 0 Å². The molecule has 1 aromatic carbocycles. The lowest BCUT2D eigenvalue weighted by Crippen LogP contribution is -2.13. The van der Waals surface area contributed by atoms with Crippen molar-refractivity contribution in [3.05, 3.63) is 30.0 Å². The zero-order valence-electron chi connectivity index (χ0n) is 9.56. The largest absolute Gasteiger partial charge is 0.324 e. The first-order valence-electron chi connectivity index (χ1n) is 5.15. The van der Waals surface area contributed by atoms with E-state index in [1.165, 1.54) is 6.20 Å². The van der Waals surface area contributed by atoms with Gasteiger partial charge in [-0.25, -0.2) is 17.9 Å². The molecule has 0 aliphatic heterocycles. The first-order valence-corrected chi connectivity index (χ1v) is 5.15. The van der Waals surface area contributed by atoms with Crippen molar-refractivity contribution in [1.29, 1.82) is 0 Å². The molecule has 0 spiro atoms. The molecule has 0 fully saturated rings. The van der Waals surface area contributed by atoms with Gasteiger partial charge >= 0.3 is 0 Å². The second kappa shape index (κ2) is 5.58. The van der Waals surface area contributed by atoms with Gasteiger partial charge in [0.2, 0.25) is 0 Å². The second-order valence-corrected chi connectivity index (χ2v) is 3.90. The van der Waals surface area contributed by atoms with Gasteiger partial charge in [-0.05, 0) is 24.6 Å². The number of benzene rings is 1. The Hall–Kier alpha value is -1.27. The van der Waals surface area contributed by atoms with Gasteiger partial charge in [0.15, 0.2) is 0 Å². The molecular formula is C11H13ClF3N3. The number of fused-ring (bicyclic) bond motifs is 1. The van der Waals surface area contributed by atoms with Crippen LogP contribution < -0.4 is 5.73 Å². The number of hydrogen-bond donors (Lipinski definition) is 1. The number of nitrogens with zero attached hydrogens (tertiary/aromatic N) is 2. The van der Waals surface area contributed by atoms with Crippen molar-refractivity contribution in [2.24, 2.45) is 5.73 Å². The molecule has 0 aliphatic rings. The van der Waals surface area contributed by atoms with Crippen LogP contribution in [0.1, 0.15) is 24.8 Å². The smallest absolute Gasteiger partial charge is 0.289 e. The highest BCUT2D eigenvalue weighted by Gasteiger charge is 2.23. The van der Waals surface area contributed by atoms with Crippen molar-refractivity contribution in [2.75, 3.05) is 0 Å². The predicted molar refractivity (Wildman–Crippen MR) is 65.7 cm³/mol. The molecule has 0 amide bonds. The van der Waals surface area contributed by atoms with Gasteiger partial charge in [-0.2, -0.15) is 5.10 Å². The molecule has 0 aliphatic carbocycles. The summed E-state index contributed by atoms with van der Waals surface area (Å²) in [4.78, 5) is 0. The summed E-state index contributed by atoms with van der Waals surface area (Å²) in [6.07, 6.45) is -4.16. The summed E-state index contributed by atoms with van der Waals surface area (Å²) in [7, 11) is 0. The number of halogens is 4. The van der Waals surface area contributed by atoms with E-state index >= 15 is 0 Å². The minimum atomic E-state index is -3.09. The van der Waals surface area contributed by atoms with Crippen molar-refractivity contribution in [2.45, 2.75) is 25.7 Å². The van der Waals surface area contributed by atoms with Gasteiger partial charge in [0.25, 0.3) is 12.7 Å². The molecule has 2 atom stereocenters. The van der Waals surface area contributed by atoms with Crippen LogP contribution in [0, 0.1) is 0 Å². The van der Waals surface area contributed by atoms with Crippen molar-refractivity contribution in [1.82, 2.24) is 9.78 Å². The third kappa shape index (κ3) is 2.59. The van der Waals surface area contributed by atoms with Crippen LogP contribution in [0.3, 0.4) is 0 Å². The molecule has 1 unspecified atom stereocenters. The summed E-state index contributed by atoms with van der Waals surface area (Å²) < 4.78 is 38.4. The van der Waals surface area contributed by atoms with E-state index in [9.17, 15) is 13.2 Å². The third-order valence-electron chi connectivity index (χ3n) is 2.59. The van der Waals surface area contributed by atoms with E-state index in [2.05, 4.69) is 5.10 Å². The Kier molecular flexibility index (Phi) is 4.59. The van der Waals surface area contributed by atoms with E-state index in [-0.39, 0.29) is 18.4 Å². The minimum absolute atomic E-state index is 0. The normalized spacial score (nSPS) is 14.6. The summed E-state index contributed by atoms with van der Waals surface area (Å²) in [6, 6.07) is 4.79. The average molecular weight is 280 g/mol. The molecule has 0 radical (unpaired) electrons. The van der Waals surface area contributed by atoms with Crippen LogP contribution in [0.5, 0.6) is 0 Å². The fourth-order valence-electron chi connectivity index (χ4n) is 1.66. The van der Waals surface area contributed by atoms with Crippen molar-refractivity contribution >= 4 is 23.3 Å². The maximum absolute atomic E-state index is 13.2. The van der Waals surface area contributed by atoms with Gasteiger partial charge in [0.05, 0.1) is 11.7 Å². The fraction of sp³-hybridized carbons (Fsp3) is 0.364. The van der Waals surface area contributed by atoms with E-state index in [4.69, 9.17) is 5.73 Å². The zero-order chi connectivity index (χ0) is 12.6. The van der Waals surface area contributed by atoms with Crippen molar-refractivity contribution in [3.8, 4) is 0 Å². The predicted octanol–water partition coefficient (Wildman–Crippen LogP) is 3.21. The molecule has 0 bridgehead atoms. The average Bonchev–Trinajstić information content (AvgIpc) is 2.70. The van der Waals surface area contributed by atoms with E-state index in [1.807, 2.05) is 6.92 Å². The topological polar surface area (TPSA) is 43.8 Å². The zero-order valence-corrected chi connectivity index (χ0v) is 10.4. The SMILES string of the molecule is C[C@@H](N)c1ccc2c(cnn2C(F)C(F)F)c1.Cl. The Morgan fingerprint density at radius 2 is 1.94 bits per heavy atom. The molecular weight excluding hydrogens is 267 g/mol. The monoisotopic (exact) mass is 279 g/mol. The maximum atomic E-state index is 13.2. The highest BCUT2D eigenvalue weighted by molar-refractivity contribution is 5.85. The highest BCUT2D eigenvalue weighted by Crippen LogP contribution is 2.25. The summed E-state index contributed by atoms with van der Waals surface area (Å²) in [5, 5.41) is 4.24. The Labute approximate surface area is 108 Å². The Bertz CT molecular complexity index is 527. The molecule has 1 aromatic heterocycles. The van der Waals surface area contributed by atoms with E-state index in [0.717, 1.165) is 5.56 Å². The molecule has 0 saturated carbocycles. The fourth-order valence-corrected chi connectivity index (χ4v) is 1.66. The van der Waals surface area contributed by atoms with E-state index < -0.39 is 12.7 Å². The molecule has 7 heteroatoms. The van der Waals surface area contributed by atoms with E-state index in [0.29, 0.717) is 15.6 Å². The van der Waals surface area contributed by atoms with E-state index in [1.54, 1.807) is 18.2 Å². The number of rotatable bonds is 3. The molecule has 1 heterocycles. The highest BCUT2D eigenvalue weighted by atomic mass is 35.5. The molecule has 0 saturated heterocycles. The van der Waals surface area contributed by atoms with Crippen molar-refractivity contribution < 1.29 is 13.2 Å². The second-order valence-electron chi connectivity index (χ2n) is 3.90. The third-order valence-corrected chi connectivity index (χ3v) is 2.59. The summed E-state index contributed by atoms with van der Waals surface area (Å²) in [5.74, 6) is 0. The quantitative estimate of drug-likeness (QED) is 0.937. The van der Waals surface area contributed by atoms with Crippen LogP contribution in [0.4, 0.5) is 13.2 Å². The number of hydrogen-bond acceptors (Lipinski definition) is 2. The molecule has 2 aromatic rings. The Morgan fingerprint density at radius 3 is 2.50 bits per heavy atom. The van der Waals surface area contributed by atoms with Gasteiger partial charge in [-0.3, -0.25) is 0 Å². The first-order chi connectivity index (χ1) is 8.00. The molecule has 3 nitrogen and oxygen atoms in total. The number of nitrogens with two attached hydrogens (primary N) is 1. The van der Waals surface area contributed by atoms with Gasteiger partial charge < -0.3 is 5.73 Å². The lowest BCUT2D eigenvalue weighted by atomic mass is 10.1. The van der Waals surface area contributed by atoms with Gasteiger partial charge in [-0.15, -0.1) is 12.4 Å².